The Bertz CT molecular complexity index is 377. The van der Waals surface area contributed by atoms with E-state index in [-0.39, 0.29) is 6.61 Å². The van der Waals surface area contributed by atoms with E-state index in [2.05, 4.69) is 5.32 Å². The third-order valence-electron chi connectivity index (χ3n) is 2.35. The van der Waals surface area contributed by atoms with Crippen LogP contribution in [0.2, 0.25) is 10.0 Å². The highest BCUT2D eigenvalue weighted by Gasteiger charge is 2.05. The normalized spacial score (nSPS) is 12.4. The molecule has 0 aliphatic carbocycles. The zero-order valence-electron chi connectivity index (χ0n) is 10.9. The molecule has 1 rings (SSSR count). The molecule has 4 nitrogen and oxygen atoms in total. The number of nitrogens with one attached hydrogen (secondary N) is 1. The highest BCUT2D eigenvalue weighted by molar-refractivity contribution is 6.42. The van der Waals surface area contributed by atoms with Crippen LogP contribution in [0.5, 0.6) is 0 Å². The van der Waals surface area contributed by atoms with Gasteiger partial charge in [0.25, 0.3) is 0 Å². The first-order valence-corrected chi connectivity index (χ1v) is 6.91. The van der Waals surface area contributed by atoms with Crippen molar-refractivity contribution in [2.75, 3.05) is 38.3 Å². The topological polar surface area (TPSA) is 50.7 Å². The van der Waals surface area contributed by atoms with Crippen LogP contribution < -0.4 is 5.32 Å². The molecule has 1 aromatic carbocycles. The number of hydrogen-bond acceptors (Lipinski definition) is 4. The predicted octanol–water partition coefficient (Wildman–Crippen LogP) is 2.82. The minimum atomic E-state index is -0.587. The van der Waals surface area contributed by atoms with Gasteiger partial charge in [0.15, 0.2) is 0 Å². The van der Waals surface area contributed by atoms with Crippen molar-refractivity contribution in [1.29, 1.82) is 0 Å². The van der Waals surface area contributed by atoms with Gasteiger partial charge >= 0.3 is 0 Å². The van der Waals surface area contributed by atoms with Crippen molar-refractivity contribution in [3.05, 3.63) is 28.2 Å². The van der Waals surface area contributed by atoms with Crippen molar-refractivity contribution in [2.45, 2.75) is 13.0 Å². The van der Waals surface area contributed by atoms with Crippen molar-refractivity contribution < 1.29 is 14.6 Å². The summed E-state index contributed by atoms with van der Waals surface area (Å²) in [5, 5.41) is 13.8. The molecule has 0 heterocycles. The lowest BCUT2D eigenvalue weighted by Gasteiger charge is -2.13. The molecule has 0 bridgehead atoms. The molecule has 0 spiro atoms. The van der Waals surface area contributed by atoms with Crippen LogP contribution in [0.15, 0.2) is 18.2 Å². The third kappa shape index (κ3) is 6.99. The monoisotopic (exact) mass is 307 g/mol. The van der Waals surface area contributed by atoms with Gasteiger partial charge in [0.05, 0.1) is 36.0 Å². The van der Waals surface area contributed by atoms with Gasteiger partial charge in [0.1, 0.15) is 0 Å². The Labute approximate surface area is 123 Å². The summed E-state index contributed by atoms with van der Waals surface area (Å²) in [6, 6.07) is 5.22. The maximum atomic E-state index is 9.70. The van der Waals surface area contributed by atoms with Gasteiger partial charge in [0.2, 0.25) is 0 Å². The lowest BCUT2D eigenvalue weighted by Crippen LogP contribution is -2.25. The van der Waals surface area contributed by atoms with Crippen molar-refractivity contribution in [2.24, 2.45) is 0 Å². The Hall–Kier alpha value is -0.520. The van der Waals surface area contributed by atoms with E-state index in [9.17, 15) is 5.11 Å². The highest BCUT2D eigenvalue weighted by Crippen LogP contribution is 2.24. The van der Waals surface area contributed by atoms with Gasteiger partial charge in [-0.05, 0) is 25.1 Å². The molecule has 0 aliphatic heterocycles. The molecule has 108 valence electrons. The van der Waals surface area contributed by atoms with E-state index in [0.717, 1.165) is 5.69 Å². The molecule has 0 amide bonds. The minimum absolute atomic E-state index is 0.265. The molecule has 2 N–H and O–H groups in total. The first-order valence-electron chi connectivity index (χ1n) is 6.16. The van der Waals surface area contributed by atoms with Gasteiger partial charge in [-0.2, -0.15) is 0 Å². The van der Waals surface area contributed by atoms with E-state index in [1.54, 1.807) is 18.2 Å². The van der Waals surface area contributed by atoms with Crippen LogP contribution in [0.4, 0.5) is 5.69 Å². The number of aliphatic hydroxyl groups excluding tert-OH is 1. The van der Waals surface area contributed by atoms with Gasteiger partial charge in [0, 0.05) is 18.8 Å². The lowest BCUT2D eigenvalue weighted by molar-refractivity contribution is 0.0103. The maximum absolute atomic E-state index is 9.70. The fourth-order valence-electron chi connectivity index (χ4n) is 1.38. The van der Waals surface area contributed by atoms with E-state index in [4.69, 9.17) is 32.7 Å². The molecular weight excluding hydrogens is 289 g/mol. The zero-order valence-corrected chi connectivity index (χ0v) is 12.4. The summed E-state index contributed by atoms with van der Waals surface area (Å²) in [6.45, 7) is 4.27. The molecule has 6 heteroatoms. The highest BCUT2D eigenvalue weighted by atomic mass is 35.5. The second kappa shape index (κ2) is 9.39. The Balaban J connectivity index is 2.18. The van der Waals surface area contributed by atoms with Crippen LogP contribution in [0, 0.1) is 0 Å². The number of halogens is 2. The molecule has 0 fully saturated rings. The molecular formula is C13H19Cl2NO3. The molecule has 0 radical (unpaired) electrons. The van der Waals surface area contributed by atoms with E-state index >= 15 is 0 Å². The Morgan fingerprint density at radius 1 is 1.21 bits per heavy atom. The Morgan fingerprint density at radius 3 is 2.63 bits per heavy atom. The summed E-state index contributed by atoms with van der Waals surface area (Å²) < 4.78 is 10.4. The van der Waals surface area contributed by atoms with Crippen LogP contribution in [0.1, 0.15) is 6.92 Å². The van der Waals surface area contributed by atoms with Crippen LogP contribution in [0.3, 0.4) is 0 Å². The fraction of sp³-hybridized carbons (Fsp3) is 0.538. The standard InChI is InChI=1S/C13H19Cl2NO3/c1-2-18-5-6-19-9-11(17)8-16-10-3-4-12(14)13(15)7-10/h3-4,7,11,16-17H,2,5-6,8-9H2,1H3. The Morgan fingerprint density at radius 2 is 1.95 bits per heavy atom. The SMILES string of the molecule is CCOCCOCC(O)CNc1ccc(Cl)c(Cl)c1. The summed E-state index contributed by atoms with van der Waals surface area (Å²) in [5.41, 5.74) is 0.808. The first kappa shape index (κ1) is 16.5. The van der Waals surface area contributed by atoms with Crippen molar-refractivity contribution >= 4 is 28.9 Å². The Kier molecular flexibility index (Phi) is 8.18. The van der Waals surface area contributed by atoms with Gasteiger partial charge in [-0.1, -0.05) is 23.2 Å². The van der Waals surface area contributed by atoms with Crippen LogP contribution >= 0.6 is 23.2 Å². The van der Waals surface area contributed by atoms with Gasteiger partial charge in [-0.25, -0.2) is 0 Å². The van der Waals surface area contributed by atoms with Gasteiger partial charge < -0.3 is 19.9 Å². The predicted molar refractivity (Wildman–Crippen MR) is 78.3 cm³/mol. The fourth-order valence-corrected chi connectivity index (χ4v) is 1.68. The quantitative estimate of drug-likeness (QED) is 0.689. The van der Waals surface area contributed by atoms with Crippen LogP contribution in [0.25, 0.3) is 0 Å². The molecule has 0 aliphatic rings. The average Bonchev–Trinajstić information content (AvgIpc) is 2.40. The van der Waals surface area contributed by atoms with E-state index in [1.165, 1.54) is 0 Å². The number of benzene rings is 1. The number of hydrogen-bond donors (Lipinski definition) is 2. The smallest absolute Gasteiger partial charge is 0.0945 e. The van der Waals surface area contributed by atoms with E-state index in [1.807, 2.05) is 6.92 Å². The number of anilines is 1. The number of ether oxygens (including phenoxy) is 2. The molecule has 0 aromatic heterocycles. The number of aliphatic hydroxyl groups is 1. The summed E-state index contributed by atoms with van der Waals surface area (Å²) in [7, 11) is 0. The summed E-state index contributed by atoms with van der Waals surface area (Å²) in [5.74, 6) is 0. The van der Waals surface area contributed by atoms with Crippen molar-refractivity contribution in [3.8, 4) is 0 Å². The maximum Gasteiger partial charge on any atom is 0.0945 e. The number of rotatable bonds is 9. The summed E-state index contributed by atoms with van der Waals surface area (Å²) in [6.07, 6.45) is -0.587. The average molecular weight is 308 g/mol. The third-order valence-corrected chi connectivity index (χ3v) is 3.09. The molecule has 0 saturated heterocycles. The molecule has 19 heavy (non-hydrogen) atoms. The van der Waals surface area contributed by atoms with Gasteiger partial charge in [-0.15, -0.1) is 0 Å². The first-order chi connectivity index (χ1) is 9.13. The summed E-state index contributed by atoms with van der Waals surface area (Å²) in [4.78, 5) is 0. The van der Waals surface area contributed by atoms with Crippen LogP contribution in [-0.2, 0) is 9.47 Å². The van der Waals surface area contributed by atoms with E-state index in [0.29, 0.717) is 36.4 Å². The van der Waals surface area contributed by atoms with Gasteiger partial charge in [-0.3, -0.25) is 0 Å². The lowest BCUT2D eigenvalue weighted by atomic mass is 10.3. The molecule has 1 atom stereocenters. The second-order valence-corrected chi connectivity index (χ2v) is 4.75. The summed E-state index contributed by atoms with van der Waals surface area (Å²) >= 11 is 11.7. The molecule has 1 aromatic rings. The second-order valence-electron chi connectivity index (χ2n) is 3.94. The molecule has 0 saturated carbocycles. The minimum Gasteiger partial charge on any atom is -0.389 e. The zero-order chi connectivity index (χ0) is 14.1. The van der Waals surface area contributed by atoms with Crippen molar-refractivity contribution in [1.82, 2.24) is 0 Å². The van der Waals surface area contributed by atoms with E-state index < -0.39 is 6.10 Å². The van der Waals surface area contributed by atoms with Crippen LogP contribution in [-0.4, -0.2) is 44.2 Å². The molecule has 1 unspecified atom stereocenters. The largest absolute Gasteiger partial charge is 0.389 e. The van der Waals surface area contributed by atoms with Crippen molar-refractivity contribution in [3.63, 3.8) is 0 Å².